The number of anilines is 1. The highest BCUT2D eigenvalue weighted by atomic mass is 32.1. The highest BCUT2D eigenvalue weighted by Gasteiger charge is 2.22. The van der Waals surface area contributed by atoms with E-state index in [0.717, 1.165) is 29.1 Å². The second-order valence-corrected chi connectivity index (χ2v) is 6.53. The van der Waals surface area contributed by atoms with Crippen molar-refractivity contribution in [2.45, 2.75) is 25.4 Å². The summed E-state index contributed by atoms with van der Waals surface area (Å²) in [6, 6.07) is 2.64. The van der Waals surface area contributed by atoms with Crippen LogP contribution in [0.4, 0.5) is 5.82 Å². The largest absolute Gasteiger partial charge is 0.383 e. The van der Waals surface area contributed by atoms with Gasteiger partial charge in [0.05, 0.1) is 11.9 Å². The Morgan fingerprint density at radius 3 is 3.10 bits per heavy atom. The average Bonchev–Trinajstić information content (AvgIpc) is 2.99. The molecule has 3 heterocycles. The molecule has 6 heteroatoms. The number of nitrogen functional groups attached to an aromatic ring is 1. The Labute approximate surface area is 123 Å². The monoisotopic (exact) mass is 291 g/mol. The molecule has 0 aromatic carbocycles. The van der Waals surface area contributed by atoms with Crippen molar-refractivity contribution < 1.29 is 0 Å². The number of nitrogens with two attached hydrogens (primary N) is 1. The summed E-state index contributed by atoms with van der Waals surface area (Å²) in [6.07, 6.45) is 2.59. The molecule has 1 saturated heterocycles. The first-order valence-corrected chi connectivity index (χ1v) is 7.90. The van der Waals surface area contributed by atoms with E-state index in [-0.39, 0.29) is 0 Å². The van der Waals surface area contributed by atoms with Crippen LogP contribution in [0.2, 0.25) is 0 Å². The van der Waals surface area contributed by atoms with Crippen LogP contribution >= 0.6 is 11.3 Å². The Bertz CT molecular complexity index is 596. The van der Waals surface area contributed by atoms with Crippen molar-refractivity contribution in [1.29, 1.82) is 0 Å². The van der Waals surface area contributed by atoms with Crippen molar-refractivity contribution in [2.75, 3.05) is 32.9 Å². The second-order valence-electron chi connectivity index (χ2n) is 5.64. The van der Waals surface area contributed by atoms with Gasteiger partial charge in [-0.05, 0) is 44.9 Å². The van der Waals surface area contributed by atoms with Crippen molar-refractivity contribution in [3.63, 3.8) is 0 Å². The van der Waals surface area contributed by atoms with Crippen LogP contribution in [0.3, 0.4) is 0 Å². The first kappa shape index (κ1) is 13.7. The highest BCUT2D eigenvalue weighted by molar-refractivity contribution is 7.16. The number of likely N-dealkylation sites (tertiary alicyclic amines) is 1. The topological polar surface area (TPSA) is 58.3 Å². The maximum atomic E-state index is 5.99. The Hall–Kier alpha value is -1.24. The van der Waals surface area contributed by atoms with Gasteiger partial charge in [0, 0.05) is 12.6 Å². The van der Waals surface area contributed by atoms with Gasteiger partial charge < -0.3 is 10.6 Å². The van der Waals surface area contributed by atoms with Crippen molar-refractivity contribution in [3.8, 4) is 0 Å². The zero-order valence-corrected chi connectivity index (χ0v) is 12.9. The van der Waals surface area contributed by atoms with Crippen molar-refractivity contribution in [2.24, 2.45) is 0 Å². The van der Waals surface area contributed by atoms with Gasteiger partial charge >= 0.3 is 0 Å². The molecule has 0 saturated carbocycles. The molecule has 0 amide bonds. The summed E-state index contributed by atoms with van der Waals surface area (Å²) >= 11 is 1.62. The average molecular weight is 291 g/mol. The molecule has 2 aromatic rings. The molecule has 3 rings (SSSR count). The van der Waals surface area contributed by atoms with Gasteiger partial charge in [0.15, 0.2) is 0 Å². The van der Waals surface area contributed by atoms with Crippen LogP contribution < -0.4 is 5.73 Å². The Kier molecular flexibility index (Phi) is 3.87. The van der Waals surface area contributed by atoms with Crippen LogP contribution in [0.25, 0.3) is 10.2 Å². The van der Waals surface area contributed by atoms with Crippen molar-refractivity contribution in [1.82, 2.24) is 19.8 Å². The number of hydrogen-bond donors (Lipinski definition) is 1. The summed E-state index contributed by atoms with van der Waals surface area (Å²) in [7, 11) is 4.34. The van der Waals surface area contributed by atoms with E-state index in [1.165, 1.54) is 19.4 Å². The van der Waals surface area contributed by atoms with Crippen LogP contribution in [-0.4, -0.2) is 53.0 Å². The number of likely N-dealkylation sites (N-methyl/N-ethyl adjacent to an activating group) is 2. The lowest BCUT2D eigenvalue weighted by molar-refractivity contribution is 0.213. The molecular formula is C14H21N5S. The smallest absolute Gasteiger partial charge is 0.146 e. The lowest BCUT2D eigenvalue weighted by atomic mass is 10.2. The number of aromatic nitrogens is 2. The minimum Gasteiger partial charge on any atom is -0.383 e. The number of thiophene rings is 1. The molecule has 1 aliphatic rings. The summed E-state index contributed by atoms with van der Waals surface area (Å²) in [6.45, 7) is 3.02. The molecule has 2 aromatic heterocycles. The molecule has 1 unspecified atom stereocenters. The molecule has 20 heavy (non-hydrogen) atoms. The van der Waals surface area contributed by atoms with Gasteiger partial charge in [0.1, 0.15) is 16.5 Å². The second kappa shape index (κ2) is 5.63. The molecule has 1 atom stereocenters. The highest BCUT2D eigenvalue weighted by Crippen LogP contribution is 2.23. The molecule has 0 spiro atoms. The predicted octanol–water partition coefficient (Wildman–Crippen LogP) is 1.80. The molecule has 0 aliphatic carbocycles. The van der Waals surface area contributed by atoms with Crippen LogP contribution in [-0.2, 0) is 6.54 Å². The molecule has 0 bridgehead atoms. The third-order valence-electron chi connectivity index (χ3n) is 4.01. The van der Waals surface area contributed by atoms with Crippen LogP contribution in [0.1, 0.15) is 18.7 Å². The summed E-state index contributed by atoms with van der Waals surface area (Å²) in [5.41, 5.74) is 5.99. The SMILES string of the molecule is CN(Cc1nc(N)c2ccsc2n1)CC1CCCN1C. The number of rotatable bonds is 4. The zero-order valence-electron chi connectivity index (χ0n) is 12.0. The van der Waals surface area contributed by atoms with E-state index in [1.54, 1.807) is 11.3 Å². The number of hydrogen-bond acceptors (Lipinski definition) is 6. The molecule has 108 valence electrons. The van der Waals surface area contributed by atoms with Gasteiger partial charge in [-0.3, -0.25) is 4.90 Å². The zero-order chi connectivity index (χ0) is 14.1. The van der Waals surface area contributed by atoms with Gasteiger partial charge in [-0.25, -0.2) is 9.97 Å². The normalized spacial score (nSPS) is 20.2. The number of nitrogens with zero attached hydrogens (tertiary/aromatic N) is 4. The Balaban J connectivity index is 1.69. The van der Waals surface area contributed by atoms with E-state index in [9.17, 15) is 0 Å². The fraction of sp³-hybridized carbons (Fsp3) is 0.571. The van der Waals surface area contributed by atoms with Crippen LogP contribution in [0.5, 0.6) is 0 Å². The molecular weight excluding hydrogens is 270 g/mol. The first-order chi connectivity index (χ1) is 9.63. The van der Waals surface area contributed by atoms with Gasteiger partial charge in [0.25, 0.3) is 0 Å². The maximum Gasteiger partial charge on any atom is 0.146 e. The van der Waals surface area contributed by atoms with E-state index in [4.69, 9.17) is 5.73 Å². The predicted molar refractivity (Wildman–Crippen MR) is 83.8 cm³/mol. The summed E-state index contributed by atoms with van der Waals surface area (Å²) in [5, 5.41) is 2.98. The Morgan fingerprint density at radius 2 is 2.35 bits per heavy atom. The molecule has 2 N–H and O–H groups in total. The fourth-order valence-corrected chi connectivity index (χ4v) is 3.66. The van der Waals surface area contributed by atoms with Crippen LogP contribution in [0.15, 0.2) is 11.4 Å². The van der Waals surface area contributed by atoms with Gasteiger partial charge in [-0.15, -0.1) is 11.3 Å². The van der Waals surface area contributed by atoms with Gasteiger partial charge in [-0.1, -0.05) is 0 Å². The minimum absolute atomic E-state index is 0.595. The Morgan fingerprint density at radius 1 is 1.50 bits per heavy atom. The quantitative estimate of drug-likeness (QED) is 0.931. The van der Waals surface area contributed by atoms with E-state index in [0.29, 0.717) is 11.9 Å². The van der Waals surface area contributed by atoms with Crippen molar-refractivity contribution in [3.05, 3.63) is 17.3 Å². The maximum absolute atomic E-state index is 5.99. The molecule has 0 radical (unpaired) electrons. The number of fused-ring (bicyclic) bond motifs is 1. The lowest BCUT2D eigenvalue weighted by Gasteiger charge is -2.25. The summed E-state index contributed by atoms with van der Waals surface area (Å²) in [5.74, 6) is 1.42. The molecule has 1 fully saturated rings. The fourth-order valence-electron chi connectivity index (χ4n) is 2.87. The van der Waals surface area contributed by atoms with Crippen LogP contribution in [0, 0.1) is 0 Å². The summed E-state index contributed by atoms with van der Waals surface area (Å²) < 4.78 is 0. The lowest BCUT2D eigenvalue weighted by Crippen LogP contribution is -2.36. The van der Waals surface area contributed by atoms with Crippen molar-refractivity contribution >= 4 is 27.4 Å². The third kappa shape index (κ3) is 2.77. The third-order valence-corrected chi connectivity index (χ3v) is 4.81. The molecule has 1 aliphatic heterocycles. The van der Waals surface area contributed by atoms with E-state index in [1.807, 2.05) is 11.4 Å². The minimum atomic E-state index is 0.595. The van der Waals surface area contributed by atoms with E-state index in [2.05, 4.69) is 33.9 Å². The van der Waals surface area contributed by atoms with E-state index < -0.39 is 0 Å². The van der Waals surface area contributed by atoms with Gasteiger partial charge in [0.2, 0.25) is 0 Å². The summed E-state index contributed by atoms with van der Waals surface area (Å²) in [4.78, 5) is 14.7. The van der Waals surface area contributed by atoms with E-state index >= 15 is 0 Å². The standard InChI is InChI=1S/C14H21N5S/c1-18(8-10-4-3-6-19(10)2)9-12-16-13(15)11-5-7-20-14(11)17-12/h5,7,10H,3-4,6,8-9H2,1-2H3,(H2,15,16,17). The molecule has 5 nitrogen and oxygen atoms in total. The van der Waals surface area contributed by atoms with Gasteiger partial charge in [-0.2, -0.15) is 0 Å². The first-order valence-electron chi connectivity index (χ1n) is 7.02.